The van der Waals surface area contributed by atoms with Crippen LogP contribution in [-0.2, 0) is 6.54 Å². The Morgan fingerprint density at radius 3 is 3.11 bits per heavy atom. The molecule has 19 heavy (non-hydrogen) atoms. The summed E-state index contributed by atoms with van der Waals surface area (Å²) in [6, 6.07) is 0. The minimum absolute atomic E-state index is 0.153. The van der Waals surface area contributed by atoms with Gasteiger partial charge in [-0.2, -0.15) is 0 Å². The van der Waals surface area contributed by atoms with Crippen LogP contribution in [-0.4, -0.2) is 31.8 Å². The Kier molecular flexibility index (Phi) is 5.00. The zero-order chi connectivity index (χ0) is 13.7. The molecule has 0 amide bonds. The quantitative estimate of drug-likeness (QED) is 0.578. The fourth-order valence-electron chi connectivity index (χ4n) is 1.98. The monoisotopic (exact) mass is 282 g/mol. The molecular formula is C12H18N4O2S. The summed E-state index contributed by atoms with van der Waals surface area (Å²) in [7, 11) is 0. The van der Waals surface area contributed by atoms with Gasteiger partial charge in [-0.05, 0) is 24.5 Å². The Bertz CT molecular complexity index is 580. The lowest BCUT2D eigenvalue weighted by Crippen LogP contribution is -2.23. The summed E-state index contributed by atoms with van der Waals surface area (Å²) in [6.07, 6.45) is 4.24. The summed E-state index contributed by atoms with van der Waals surface area (Å²) < 4.78 is 8.86. The number of fused-ring (bicyclic) bond motifs is 1. The molecule has 0 radical (unpaired) electrons. The maximum absolute atomic E-state index is 11.5. The molecule has 0 bridgehead atoms. The second-order valence-corrected chi connectivity index (χ2v) is 5.06. The van der Waals surface area contributed by atoms with Crippen LogP contribution < -0.4 is 10.9 Å². The molecule has 0 aliphatic heterocycles. The number of nitrogens with one attached hydrogen (secondary N) is 3. The van der Waals surface area contributed by atoms with E-state index in [-0.39, 0.29) is 5.56 Å². The molecule has 2 aromatic heterocycles. The average molecular weight is 282 g/mol. The van der Waals surface area contributed by atoms with Gasteiger partial charge in [-0.15, -0.1) is 0 Å². The molecule has 0 aliphatic carbocycles. The summed E-state index contributed by atoms with van der Waals surface area (Å²) in [5.74, 6) is 1.17. The van der Waals surface area contributed by atoms with Gasteiger partial charge in [0.2, 0.25) is 0 Å². The standard InChI is InChI=1S/C12H18N4O2S/c1-2-8(6-19-18)3-13-4-9-5-14-11-10(9)15-7-16-12(11)17/h5,7-8,13-14,18H,2-4,6H2,1H3,(H,15,16,17). The molecule has 6 nitrogen and oxygen atoms in total. The minimum atomic E-state index is -0.153. The predicted molar refractivity (Wildman–Crippen MR) is 77.3 cm³/mol. The molecule has 0 saturated carbocycles. The van der Waals surface area contributed by atoms with Crippen molar-refractivity contribution in [2.75, 3.05) is 12.3 Å². The lowest BCUT2D eigenvalue weighted by atomic mass is 10.1. The van der Waals surface area contributed by atoms with Crippen molar-refractivity contribution in [1.82, 2.24) is 20.3 Å². The first-order valence-electron chi connectivity index (χ1n) is 6.27. The SMILES string of the molecule is CCC(CNCc1c[nH]c2c(=O)[nH]cnc12)CSO. The van der Waals surface area contributed by atoms with E-state index in [4.69, 9.17) is 4.55 Å². The highest BCUT2D eigenvalue weighted by atomic mass is 32.2. The third kappa shape index (κ3) is 3.37. The third-order valence-electron chi connectivity index (χ3n) is 3.18. The van der Waals surface area contributed by atoms with E-state index in [9.17, 15) is 4.79 Å². The first kappa shape index (κ1) is 14.1. The zero-order valence-electron chi connectivity index (χ0n) is 10.8. The zero-order valence-corrected chi connectivity index (χ0v) is 11.6. The van der Waals surface area contributed by atoms with Gasteiger partial charge in [-0.1, -0.05) is 13.3 Å². The number of hydrogen-bond donors (Lipinski definition) is 4. The van der Waals surface area contributed by atoms with E-state index in [1.54, 1.807) is 0 Å². The smallest absolute Gasteiger partial charge is 0.275 e. The fourth-order valence-corrected chi connectivity index (χ4v) is 2.54. The highest BCUT2D eigenvalue weighted by Crippen LogP contribution is 2.12. The van der Waals surface area contributed by atoms with Gasteiger partial charge in [0.25, 0.3) is 5.56 Å². The van der Waals surface area contributed by atoms with E-state index in [2.05, 4.69) is 27.2 Å². The van der Waals surface area contributed by atoms with E-state index in [1.165, 1.54) is 6.33 Å². The van der Waals surface area contributed by atoms with Crippen LogP contribution in [0.1, 0.15) is 18.9 Å². The van der Waals surface area contributed by atoms with Gasteiger partial charge < -0.3 is 19.8 Å². The van der Waals surface area contributed by atoms with Crippen molar-refractivity contribution in [3.63, 3.8) is 0 Å². The Morgan fingerprint density at radius 1 is 1.53 bits per heavy atom. The molecule has 1 atom stereocenters. The molecule has 0 aromatic carbocycles. The number of H-pyrrole nitrogens is 2. The van der Waals surface area contributed by atoms with E-state index >= 15 is 0 Å². The third-order valence-corrected chi connectivity index (χ3v) is 3.80. The van der Waals surface area contributed by atoms with Crippen LogP contribution in [0.15, 0.2) is 17.3 Å². The van der Waals surface area contributed by atoms with Crippen LogP contribution in [0, 0.1) is 5.92 Å². The van der Waals surface area contributed by atoms with Crippen LogP contribution >= 0.6 is 12.0 Å². The summed E-state index contributed by atoms with van der Waals surface area (Å²) in [5, 5.41) is 3.34. The van der Waals surface area contributed by atoms with Gasteiger partial charge in [0, 0.05) is 24.1 Å². The van der Waals surface area contributed by atoms with Crippen molar-refractivity contribution in [2.24, 2.45) is 5.92 Å². The van der Waals surface area contributed by atoms with Crippen LogP contribution in [0.25, 0.3) is 11.0 Å². The van der Waals surface area contributed by atoms with Crippen molar-refractivity contribution in [3.05, 3.63) is 28.4 Å². The highest BCUT2D eigenvalue weighted by Gasteiger charge is 2.09. The molecule has 0 saturated heterocycles. The number of rotatable bonds is 7. The molecule has 0 aliphatic rings. The van der Waals surface area contributed by atoms with Crippen LogP contribution in [0.4, 0.5) is 0 Å². The highest BCUT2D eigenvalue weighted by molar-refractivity contribution is 7.93. The number of nitrogens with zero attached hydrogens (tertiary/aromatic N) is 1. The molecule has 104 valence electrons. The fraction of sp³-hybridized carbons (Fsp3) is 0.500. The normalized spacial score (nSPS) is 12.9. The first-order chi connectivity index (χ1) is 9.26. The molecule has 1 unspecified atom stereocenters. The largest absolute Gasteiger partial charge is 0.355 e. The second-order valence-electron chi connectivity index (χ2n) is 4.47. The van der Waals surface area contributed by atoms with Gasteiger partial charge >= 0.3 is 0 Å². The predicted octanol–water partition coefficient (Wildman–Crippen LogP) is 1.57. The van der Waals surface area contributed by atoms with Gasteiger partial charge in [-0.25, -0.2) is 4.98 Å². The molecular weight excluding hydrogens is 264 g/mol. The maximum atomic E-state index is 11.5. The molecule has 7 heteroatoms. The van der Waals surface area contributed by atoms with Crippen molar-refractivity contribution in [1.29, 1.82) is 0 Å². The first-order valence-corrected chi connectivity index (χ1v) is 7.21. The van der Waals surface area contributed by atoms with Crippen LogP contribution in [0.5, 0.6) is 0 Å². The van der Waals surface area contributed by atoms with Gasteiger partial charge in [0.05, 0.1) is 11.8 Å². The molecule has 2 heterocycles. The van der Waals surface area contributed by atoms with Crippen molar-refractivity contribution >= 4 is 23.1 Å². The summed E-state index contributed by atoms with van der Waals surface area (Å²) in [6.45, 7) is 3.60. The average Bonchev–Trinajstić information content (AvgIpc) is 2.83. The van der Waals surface area contributed by atoms with E-state index in [1.807, 2.05) is 6.20 Å². The summed E-state index contributed by atoms with van der Waals surface area (Å²) >= 11 is 0.883. The topological polar surface area (TPSA) is 93.8 Å². The van der Waals surface area contributed by atoms with Crippen LogP contribution in [0.2, 0.25) is 0 Å². The minimum Gasteiger partial charge on any atom is -0.355 e. The summed E-state index contributed by atoms with van der Waals surface area (Å²) in [5.41, 5.74) is 2.05. The molecule has 4 N–H and O–H groups in total. The lowest BCUT2D eigenvalue weighted by Gasteiger charge is -2.13. The lowest BCUT2D eigenvalue weighted by molar-refractivity contribution is 0.500. The molecule has 0 fully saturated rings. The maximum Gasteiger partial charge on any atom is 0.275 e. The van der Waals surface area contributed by atoms with Crippen molar-refractivity contribution in [3.8, 4) is 0 Å². The van der Waals surface area contributed by atoms with Gasteiger partial charge in [0.1, 0.15) is 5.52 Å². The van der Waals surface area contributed by atoms with Crippen molar-refractivity contribution < 1.29 is 4.55 Å². The van der Waals surface area contributed by atoms with E-state index < -0.39 is 0 Å². The number of hydrogen-bond acceptors (Lipinski definition) is 5. The number of aromatic amines is 2. The van der Waals surface area contributed by atoms with Crippen molar-refractivity contribution in [2.45, 2.75) is 19.9 Å². The number of aromatic nitrogens is 3. The van der Waals surface area contributed by atoms with Gasteiger partial charge in [-0.3, -0.25) is 4.79 Å². The molecule has 0 spiro atoms. The van der Waals surface area contributed by atoms with Crippen LogP contribution in [0.3, 0.4) is 0 Å². The molecule has 2 aromatic rings. The Labute approximate surface area is 115 Å². The molecule has 2 rings (SSSR count). The van der Waals surface area contributed by atoms with E-state index in [0.29, 0.717) is 23.5 Å². The van der Waals surface area contributed by atoms with E-state index in [0.717, 1.165) is 36.3 Å². The summed E-state index contributed by atoms with van der Waals surface area (Å²) in [4.78, 5) is 21.2. The Balaban J connectivity index is 1.99. The Morgan fingerprint density at radius 2 is 2.37 bits per heavy atom. The Hall–Kier alpha value is -1.31. The second kappa shape index (κ2) is 6.74. The van der Waals surface area contributed by atoms with Gasteiger partial charge in [0.15, 0.2) is 0 Å².